The van der Waals surface area contributed by atoms with Crippen LogP contribution in [0.5, 0.6) is 0 Å². The molecule has 0 bridgehead atoms. The van der Waals surface area contributed by atoms with Crippen molar-refractivity contribution in [3.05, 3.63) is 97.2 Å². The predicted molar refractivity (Wildman–Crippen MR) is 264 cm³/mol. The third kappa shape index (κ3) is 33.0. The molecule has 0 aromatic heterocycles. The molecule has 1 aliphatic carbocycles. The molecule has 1 rings (SSSR count). The number of phosphoric ester groups is 1. The Balaban J connectivity index is 2.51. The van der Waals surface area contributed by atoms with Gasteiger partial charge < -0.3 is 45.0 Å². The molecule has 14 nitrogen and oxygen atoms in total. The molecule has 0 spiro atoms. The van der Waals surface area contributed by atoms with Crippen molar-refractivity contribution in [2.75, 3.05) is 13.2 Å². The molecule has 382 valence electrons. The zero-order valence-corrected chi connectivity index (χ0v) is 41.2. The molecular formula is C52H85O14P. The number of esters is 2. The molecule has 0 aromatic rings. The Kier molecular flexibility index (Phi) is 37.4. The van der Waals surface area contributed by atoms with Gasteiger partial charge in [-0.25, -0.2) is 4.57 Å². The first-order valence-corrected chi connectivity index (χ1v) is 26.1. The number of hydrogen-bond donors (Lipinski definition) is 7. The summed E-state index contributed by atoms with van der Waals surface area (Å²) < 4.78 is 33.5. The minimum atomic E-state index is -5.16. The second-order valence-corrected chi connectivity index (χ2v) is 18.2. The Hall–Kier alpha value is -3.27. The van der Waals surface area contributed by atoms with E-state index in [-0.39, 0.29) is 12.8 Å². The number of rotatable bonds is 39. The second kappa shape index (κ2) is 40.6. The van der Waals surface area contributed by atoms with Gasteiger partial charge in [-0.2, -0.15) is 0 Å². The number of aliphatic hydroxyl groups excluding tert-OH is 6. The summed E-state index contributed by atoms with van der Waals surface area (Å²) in [6.45, 7) is 3.03. The van der Waals surface area contributed by atoms with Gasteiger partial charge in [-0.3, -0.25) is 18.6 Å². The maximum atomic E-state index is 12.8. The van der Waals surface area contributed by atoms with Gasteiger partial charge in [0.25, 0.3) is 0 Å². The van der Waals surface area contributed by atoms with Gasteiger partial charge in [-0.15, -0.1) is 0 Å². The first-order chi connectivity index (χ1) is 32.3. The van der Waals surface area contributed by atoms with E-state index in [1.165, 1.54) is 25.7 Å². The van der Waals surface area contributed by atoms with Crippen LogP contribution in [0.4, 0.5) is 0 Å². The number of hydrogen-bond acceptors (Lipinski definition) is 13. The molecular weight excluding hydrogens is 880 g/mol. The van der Waals surface area contributed by atoms with Crippen molar-refractivity contribution in [1.82, 2.24) is 0 Å². The first-order valence-electron chi connectivity index (χ1n) is 24.6. The Labute approximate surface area is 401 Å². The fourth-order valence-electron chi connectivity index (χ4n) is 6.77. The van der Waals surface area contributed by atoms with E-state index in [0.717, 1.165) is 70.6 Å². The minimum Gasteiger partial charge on any atom is -0.462 e. The molecule has 15 heteroatoms. The number of ether oxygens (including phenoxy) is 2. The van der Waals surface area contributed by atoms with Crippen LogP contribution in [-0.4, -0.2) is 110 Å². The lowest BCUT2D eigenvalue weighted by molar-refractivity contribution is -0.220. The number of phosphoric acid groups is 1. The molecule has 4 unspecified atom stereocenters. The number of aliphatic hydroxyl groups is 6. The normalized spacial score (nSPS) is 22.5. The zero-order valence-electron chi connectivity index (χ0n) is 40.3. The summed E-state index contributed by atoms with van der Waals surface area (Å²) >= 11 is 0. The number of allylic oxidation sites excluding steroid dienone is 14. The Morgan fingerprint density at radius 1 is 0.552 bits per heavy atom. The molecule has 0 radical (unpaired) electrons. The zero-order chi connectivity index (χ0) is 49.4. The lowest BCUT2D eigenvalue weighted by Crippen LogP contribution is -2.64. The van der Waals surface area contributed by atoms with E-state index in [4.69, 9.17) is 18.5 Å². The third-order valence-electron chi connectivity index (χ3n) is 10.7. The van der Waals surface area contributed by atoms with Gasteiger partial charge in [-0.1, -0.05) is 156 Å². The van der Waals surface area contributed by atoms with Crippen molar-refractivity contribution in [3.8, 4) is 0 Å². The smallest absolute Gasteiger partial charge is 0.462 e. The molecule has 0 heterocycles. The van der Waals surface area contributed by atoms with E-state index in [1.54, 1.807) is 12.2 Å². The SMILES string of the molecule is CC/C=C\C/C=C\CC(O)/C=C/C=C\C/C=C\CCCC(=O)OC[C@H](COP(=O)(O)OC1[C@H](O)[C@H](O)C(O)[C@H](O)[C@H]1O)OC(=O)CCCCCCCC/C=C\C/C=C\C/C=C\CCCCCC. The Morgan fingerprint density at radius 3 is 1.66 bits per heavy atom. The van der Waals surface area contributed by atoms with Crippen LogP contribution in [0, 0.1) is 0 Å². The van der Waals surface area contributed by atoms with E-state index < -0.39 is 81.8 Å². The van der Waals surface area contributed by atoms with Gasteiger partial charge in [0.2, 0.25) is 0 Å². The standard InChI is InChI=1S/C52H85O14P/c1-3-5-7-9-11-12-13-14-15-16-17-18-19-20-21-22-23-28-32-36-40-46(55)65-44(42-64-67(61,62)66-52-50(59)48(57)47(56)49(58)51(52)60)41-63-45(54)39-35-31-27-25-24-26-30-34-38-43(53)37-33-29-10-8-6-4-2/h6,8,12-13,15-16,18-19,25-27,29-30,33-34,38,43-44,47-53,56-60H,3-5,7,9-11,14,17,20-24,28,31-32,35-37,39-42H2,1-2H3,(H,61,62)/b8-6-,13-12-,16-15-,19-18-,27-25-,30-26-,33-29-,38-34+/t43?,44-,47?,48-,49+,50-,51-,52?/m1/s1. The molecule has 0 saturated heterocycles. The molecule has 1 fully saturated rings. The summed E-state index contributed by atoms with van der Waals surface area (Å²) in [7, 11) is -5.16. The fraction of sp³-hybridized carbons (Fsp3) is 0.654. The number of unbranched alkanes of at least 4 members (excludes halogenated alkanes) is 11. The summed E-state index contributed by atoms with van der Waals surface area (Å²) in [4.78, 5) is 35.8. The summed E-state index contributed by atoms with van der Waals surface area (Å²) in [5.74, 6) is -1.23. The van der Waals surface area contributed by atoms with Crippen LogP contribution in [0.2, 0.25) is 0 Å². The summed E-state index contributed by atoms with van der Waals surface area (Å²) in [5, 5.41) is 60.3. The van der Waals surface area contributed by atoms with E-state index in [0.29, 0.717) is 32.1 Å². The maximum absolute atomic E-state index is 12.8. The summed E-state index contributed by atoms with van der Waals surface area (Å²) in [5.41, 5.74) is 0. The molecule has 9 atom stereocenters. The monoisotopic (exact) mass is 965 g/mol. The predicted octanol–water partition coefficient (Wildman–Crippen LogP) is 9.19. The van der Waals surface area contributed by atoms with Gasteiger partial charge in [0.05, 0.1) is 12.7 Å². The van der Waals surface area contributed by atoms with E-state index >= 15 is 0 Å². The molecule has 7 N–H and O–H groups in total. The average molecular weight is 965 g/mol. The summed E-state index contributed by atoms with van der Waals surface area (Å²) in [6, 6.07) is 0. The van der Waals surface area contributed by atoms with Crippen LogP contribution in [0.15, 0.2) is 97.2 Å². The Bertz CT molecular complexity index is 1550. The minimum absolute atomic E-state index is 0.0479. The van der Waals surface area contributed by atoms with Crippen molar-refractivity contribution in [2.45, 2.75) is 204 Å². The highest BCUT2D eigenvalue weighted by molar-refractivity contribution is 7.47. The van der Waals surface area contributed by atoms with E-state index in [2.05, 4.69) is 62.5 Å². The summed E-state index contributed by atoms with van der Waals surface area (Å²) in [6.07, 6.45) is 37.6. The molecule has 67 heavy (non-hydrogen) atoms. The lowest BCUT2D eigenvalue weighted by Gasteiger charge is -2.41. The van der Waals surface area contributed by atoms with Gasteiger partial charge in [0, 0.05) is 12.8 Å². The molecule has 0 amide bonds. The highest BCUT2D eigenvalue weighted by Crippen LogP contribution is 2.47. The second-order valence-electron chi connectivity index (χ2n) is 16.8. The highest BCUT2D eigenvalue weighted by Gasteiger charge is 2.51. The number of carbonyl (C=O) groups is 2. The highest BCUT2D eigenvalue weighted by atomic mass is 31.2. The van der Waals surface area contributed by atoms with E-state index in [1.807, 2.05) is 36.5 Å². The van der Waals surface area contributed by atoms with Crippen LogP contribution < -0.4 is 0 Å². The van der Waals surface area contributed by atoms with Crippen molar-refractivity contribution in [2.24, 2.45) is 0 Å². The van der Waals surface area contributed by atoms with Gasteiger partial charge in [0.15, 0.2) is 6.10 Å². The lowest BCUT2D eigenvalue weighted by atomic mass is 9.85. The van der Waals surface area contributed by atoms with Gasteiger partial charge in [0.1, 0.15) is 43.2 Å². The quantitative estimate of drug-likeness (QED) is 0.0100. The molecule has 1 saturated carbocycles. The van der Waals surface area contributed by atoms with Crippen molar-refractivity contribution in [3.63, 3.8) is 0 Å². The molecule has 0 aliphatic heterocycles. The Morgan fingerprint density at radius 2 is 1.04 bits per heavy atom. The van der Waals surface area contributed by atoms with Crippen molar-refractivity contribution in [1.29, 1.82) is 0 Å². The van der Waals surface area contributed by atoms with Crippen LogP contribution in [0.3, 0.4) is 0 Å². The van der Waals surface area contributed by atoms with Crippen molar-refractivity contribution < 1.29 is 68.2 Å². The van der Waals surface area contributed by atoms with Crippen molar-refractivity contribution >= 4 is 19.8 Å². The van der Waals surface area contributed by atoms with E-state index in [9.17, 15) is 49.7 Å². The van der Waals surface area contributed by atoms with Gasteiger partial charge in [-0.05, 0) is 83.5 Å². The number of carbonyl (C=O) groups excluding carboxylic acids is 2. The topological polar surface area (TPSA) is 230 Å². The average Bonchev–Trinajstić information content (AvgIpc) is 3.31. The van der Waals surface area contributed by atoms with Crippen LogP contribution in [0.25, 0.3) is 0 Å². The maximum Gasteiger partial charge on any atom is 0.472 e. The fourth-order valence-corrected chi connectivity index (χ4v) is 7.74. The van der Waals surface area contributed by atoms with Crippen LogP contribution in [-0.2, 0) is 32.7 Å². The molecule has 1 aliphatic rings. The van der Waals surface area contributed by atoms with Gasteiger partial charge >= 0.3 is 19.8 Å². The largest absolute Gasteiger partial charge is 0.472 e. The molecule has 0 aromatic carbocycles. The van der Waals surface area contributed by atoms with Crippen LogP contribution in [0.1, 0.15) is 155 Å². The first kappa shape index (κ1) is 61.7. The van der Waals surface area contributed by atoms with Crippen LogP contribution >= 0.6 is 7.82 Å². The third-order valence-corrected chi connectivity index (χ3v) is 11.7.